The zero-order valence-electron chi connectivity index (χ0n) is 8.11. The highest BCUT2D eigenvalue weighted by Gasteiger charge is 2.04. The molecule has 0 atom stereocenters. The maximum absolute atomic E-state index is 9.53. The number of pyridine rings is 1. The van der Waals surface area contributed by atoms with E-state index in [1.807, 2.05) is 19.1 Å². The first kappa shape index (κ1) is 8.81. The molecule has 0 aliphatic heterocycles. The number of fused-ring (bicyclic) bond motifs is 1. The highest BCUT2D eigenvalue weighted by atomic mass is 16.5. The summed E-state index contributed by atoms with van der Waals surface area (Å²) in [6.45, 7) is 1.92. The van der Waals surface area contributed by atoms with Gasteiger partial charge in [0.15, 0.2) is 11.5 Å². The van der Waals surface area contributed by atoms with Gasteiger partial charge in [0.05, 0.1) is 12.6 Å². The van der Waals surface area contributed by atoms with Crippen LogP contribution in [0.4, 0.5) is 0 Å². The van der Waals surface area contributed by atoms with Crippen LogP contribution in [0, 0.1) is 6.92 Å². The zero-order chi connectivity index (χ0) is 10.1. The van der Waals surface area contributed by atoms with E-state index in [1.54, 1.807) is 12.1 Å². The molecule has 14 heavy (non-hydrogen) atoms. The number of hydrogen-bond acceptors (Lipinski definition) is 3. The van der Waals surface area contributed by atoms with E-state index < -0.39 is 0 Å². The molecule has 0 amide bonds. The third-order valence-corrected chi connectivity index (χ3v) is 2.13. The van der Waals surface area contributed by atoms with E-state index in [4.69, 9.17) is 4.74 Å². The number of ether oxygens (including phenoxy) is 1. The zero-order valence-corrected chi connectivity index (χ0v) is 8.11. The van der Waals surface area contributed by atoms with Gasteiger partial charge in [0.25, 0.3) is 0 Å². The quantitative estimate of drug-likeness (QED) is 0.748. The van der Waals surface area contributed by atoms with Crippen LogP contribution in [-0.2, 0) is 0 Å². The topological polar surface area (TPSA) is 42.4 Å². The monoisotopic (exact) mass is 189 g/mol. The smallest absolute Gasteiger partial charge is 0.161 e. The number of phenolic OH excluding ortho intramolecular Hbond substituents is 1. The molecule has 0 bridgehead atoms. The van der Waals surface area contributed by atoms with Gasteiger partial charge in [0.2, 0.25) is 0 Å². The number of aromatic hydroxyl groups is 1. The first-order valence-corrected chi connectivity index (χ1v) is 4.35. The number of benzene rings is 1. The van der Waals surface area contributed by atoms with E-state index in [9.17, 15) is 5.11 Å². The molecule has 72 valence electrons. The lowest BCUT2D eigenvalue weighted by Crippen LogP contribution is -1.87. The molecule has 3 heteroatoms. The molecule has 0 radical (unpaired) electrons. The van der Waals surface area contributed by atoms with Crippen LogP contribution in [0.15, 0.2) is 24.3 Å². The van der Waals surface area contributed by atoms with Crippen molar-refractivity contribution < 1.29 is 9.84 Å². The maximum Gasteiger partial charge on any atom is 0.161 e. The Bertz CT molecular complexity index is 480. The molecule has 0 unspecified atom stereocenters. The predicted octanol–water partition coefficient (Wildman–Crippen LogP) is 2.26. The molecule has 0 fully saturated rings. The van der Waals surface area contributed by atoms with Crippen LogP contribution in [0.1, 0.15) is 5.69 Å². The van der Waals surface area contributed by atoms with Gasteiger partial charge in [-0.15, -0.1) is 0 Å². The Balaban J connectivity index is 2.73. The molecule has 2 rings (SSSR count). The Morgan fingerprint density at radius 1 is 1.29 bits per heavy atom. The number of aromatic nitrogens is 1. The van der Waals surface area contributed by atoms with Gasteiger partial charge >= 0.3 is 0 Å². The molecule has 0 aliphatic carbocycles. The maximum atomic E-state index is 9.53. The van der Waals surface area contributed by atoms with Crippen LogP contribution in [0.3, 0.4) is 0 Å². The summed E-state index contributed by atoms with van der Waals surface area (Å²) in [5, 5.41) is 10.5. The van der Waals surface area contributed by atoms with Crippen molar-refractivity contribution in [3.8, 4) is 11.5 Å². The van der Waals surface area contributed by atoms with Gasteiger partial charge in [-0.2, -0.15) is 0 Å². The summed E-state index contributed by atoms with van der Waals surface area (Å²) in [7, 11) is 1.53. The summed E-state index contributed by atoms with van der Waals surface area (Å²) < 4.78 is 5.01. The fourth-order valence-electron chi connectivity index (χ4n) is 1.40. The summed E-state index contributed by atoms with van der Waals surface area (Å²) in [5.74, 6) is 0.598. The highest BCUT2D eigenvalue weighted by Crippen LogP contribution is 2.30. The molecule has 1 aromatic heterocycles. The molecule has 0 spiro atoms. The number of aryl methyl sites for hydroxylation is 1. The van der Waals surface area contributed by atoms with E-state index >= 15 is 0 Å². The van der Waals surface area contributed by atoms with Gasteiger partial charge in [-0.25, -0.2) is 0 Å². The van der Waals surface area contributed by atoms with Crippen LogP contribution in [0.5, 0.6) is 11.5 Å². The Morgan fingerprint density at radius 3 is 2.79 bits per heavy atom. The van der Waals surface area contributed by atoms with Gasteiger partial charge in [-0.05, 0) is 19.1 Å². The Kier molecular flexibility index (Phi) is 2.00. The van der Waals surface area contributed by atoms with Crippen molar-refractivity contribution >= 4 is 10.9 Å². The first-order chi connectivity index (χ1) is 6.70. The minimum atomic E-state index is 0.123. The van der Waals surface area contributed by atoms with Crippen LogP contribution >= 0.6 is 0 Å². The Hall–Kier alpha value is -1.77. The minimum absolute atomic E-state index is 0.123. The summed E-state index contributed by atoms with van der Waals surface area (Å²) in [5.41, 5.74) is 1.71. The van der Waals surface area contributed by atoms with Crippen LogP contribution in [0.2, 0.25) is 0 Å². The Morgan fingerprint density at radius 2 is 2.07 bits per heavy atom. The molecule has 0 saturated carbocycles. The van der Waals surface area contributed by atoms with E-state index in [1.165, 1.54) is 7.11 Å². The van der Waals surface area contributed by atoms with Crippen LogP contribution < -0.4 is 4.74 Å². The lowest BCUT2D eigenvalue weighted by Gasteiger charge is -2.05. The number of rotatable bonds is 1. The largest absolute Gasteiger partial charge is 0.504 e. The van der Waals surface area contributed by atoms with Gasteiger partial charge in [-0.3, -0.25) is 4.98 Å². The molecule has 0 aliphatic rings. The molecule has 1 heterocycles. The number of hydrogen-bond donors (Lipinski definition) is 1. The van der Waals surface area contributed by atoms with Crippen molar-refractivity contribution in [2.75, 3.05) is 7.11 Å². The lowest BCUT2D eigenvalue weighted by molar-refractivity contribution is 0.374. The summed E-state index contributed by atoms with van der Waals surface area (Å²) >= 11 is 0. The van der Waals surface area contributed by atoms with Crippen molar-refractivity contribution in [1.29, 1.82) is 0 Å². The molecule has 1 N–H and O–H groups in total. The van der Waals surface area contributed by atoms with Gasteiger partial charge in [0.1, 0.15) is 0 Å². The summed E-state index contributed by atoms with van der Waals surface area (Å²) in [6.07, 6.45) is 0. The average Bonchev–Trinajstić information content (AvgIpc) is 2.16. The molecule has 1 aromatic carbocycles. The van der Waals surface area contributed by atoms with E-state index in [-0.39, 0.29) is 5.75 Å². The van der Waals surface area contributed by atoms with Gasteiger partial charge < -0.3 is 9.84 Å². The standard InChI is InChI=1S/C11H11NO2/c1-7-3-4-8-5-11(14-2)10(13)6-9(8)12-7/h3-6,13H,1-2H3. The highest BCUT2D eigenvalue weighted by molar-refractivity contribution is 5.82. The second-order valence-electron chi connectivity index (χ2n) is 3.17. The third-order valence-electron chi connectivity index (χ3n) is 2.13. The van der Waals surface area contributed by atoms with Crippen LogP contribution in [-0.4, -0.2) is 17.2 Å². The third kappa shape index (κ3) is 1.37. The van der Waals surface area contributed by atoms with Crippen LogP contribution in [0.25, 0.3) is 10.9 Å². The fraction of sp³-hybridized carbons (Fsp3) is 0.182. The van der Waals surface area contributed by atoms with Crippen molar-refractivity contribution in [1.82, 2.24) is 4.98 Å². The first-order valence-electron chi connectivity index (χ1n) is 4.35. The predicted molar refractivity (Wildman–Crippen MR) is 54.7 cm³/mol. The SMILES string of the molecule is COc1cc2ccc(C)nc2cc1O. The number of nitrogens with zero attached hydrogens (tertiary/aromatic N) is 1. The van der Waals surface area contributed by atoms with Crippen molar-refractivity contribution in [2.24, 2.45) is 0 Å². The molecular weight excluding hydrogens is 178 g/mol. The van der Waals surface area contributed by atoms with Gasteiger partial charge in [0, 0.05) is 17.1 Å². The van der Waals surface area contributed by atoms with Gasteiger partial charge in [-0.1, -0.05) is 6.07 Å². The summed E-state index contributed by atoms with van der Waals surface area (Å²) in [6, 6.07) is 7.27. The van der Waals surface area contributed by atoms with E-state index in [0.717, 1.165) is 16.6 Å². The number of phenols is 1. The Labute approximate surface area is 82.0 Å². The minimum Gasteiger partial charge on any atom is -0.504 e. The second-order valence-corrected chi connectivity index (χ2v) is 3.17. The van der Waals surface area contributed by atoms with Crippen molar-refractivity contribution in [3.05, 3.63) is 30.0 Å². The fourth-order valence-corrected chi connectivity index (χ4v) is 1.40. The molecule has 0 saturated heterocycles. The van der Waals surface area contributed by atoms with E-state index in [0.29, 0.717) is 5.75 Å². The lowest BCUT2D eigenvalue weighted by atomic mass is 10.2. The number of methoxy groups -OCH3 is 1. The average molecular weight is 189 g/mol. The molecule has 2 aromatic rings. The second kappa shape index (κ2) is 3.18. The molecule has 3 nitrogen and oxygen atoms in total. The normalized spacial score (nSPS) is 10.4. The van der Waals surface area contributed by atoms with Crippen molar-refractivity contribution in [3.63, 3.8) is 0 Å². The van der Waals surface area contributed by atoms with E-state index in [2.05, 4.69) is 4.98 Å². The molecular formula is C11H11NO2. The van der Waals surface area contributed by atoms with Crippen molar-refractivity contribution in [2.45, 2.75) is 6.92 Å². The summed E-state index contributed by atoms with van der Waals surface area (Å²) in [4.78, 5) is 4.30.